The van der Waals surface area contributed by atoms with E-state index in [1.807, 2.05) is 0 Å². The lowest BCUT2D eigenvalue weighted by molar-refractivity contribution is -0.274. The molecule has 2 aliphatic rings. The summed E-state index contributed by atoms with van der Waals surface area (Å²) in [6.07, 6.45) is 2.02. The first-order valence-electron chi connectivity index (χ1n) is 14.7. The van der Waals surface area contributed by atoms with Gasteiger partial charge in [0.1, 0.15) is 11.9 Å². The van der Waals surface area contributed by atoms with Gasteiger partial charge in [-0.2, -0.15) is 0 Å². The normalized spacial score (nSPS) is 21.7. The molecule has 1 heterocycles. The summed E-state index contributed by atoms with van der Waals surface area (Å²) in [6.45, 7) is 20.0. The van der Waals surface area contributed by atoms with Gasteiger partial charge < -0.3 is 14.3 Å². The van der Waals surface area contributed by atoms with Gasteiger partial charge in [-0.3, -0.25) is 4.98 Å². The Morgan fingerprint density at radius 2 is 1.68 bits per heavy atom. The van der Waals surface area contributed by atoms with Gasteiger partial charge in [-0.05, 0) is 78.4 Å². The van der Waals surface area contributed by atoms with Crippen LogP contribution >= 0.6 is 0 Å². The smallest absolute Gasteiger partial charge is 0.410 e. The maximum atomic E-state index is 12.8. The third-order valence-electron chi connectivity index (χ3n) is 9.00. The molecule has 0 saturated carbocycles. The van der Waals surface area contributed by atoms with Crippen LogP contribution in [0.1, 0.15) is 125 Å². The molecule has 0 radical (unpaired) electrons. The number of allylic oxidation sites excluding steroid dienone is 2. The van der Waals surface area contributed by atoms with Crippen LogP contribution in [0.4, 0.5) is 13.2 Å². The molecule has 41 heavy (non-hydrogen) atoms. The third kappa shape index (κ3) is 6.91. The van der Waals surface area contributed by atoms with E-state index >= 15 is 0 Å². The SMILES string of the molecule is CC(C)c1nc2c(c(C3C=CCC3)c1[C@H](O)c1ccc(OC(F)(F)F)cc1)C(O[Si](C)(C)C(C)(C)C)CC(C)(C)C2. The van der Waals surface area contributed by atoms with E-state index in [1.54, 1.807) is 0 Å². The summed E-state index contributed by atoms with van der Waals surface area (Å²) in [7, 11) is -2.17. The van der Waals surface area contributed by atoms with E-state index in [0.717, 1.165) is 53.8 Å². The van der Waals surface area contributed by atoms with E-state index in [1.165, 1.54) is 24.3 Å². The molecule has 2 aromatic rings. The van der Waals surface area contributed by atoms with Crippen LogP contribution in [0, 0.1) is 5.41 Å². The average molecular weight is 590 g/mol. The van der Waals surface area contributed by atoms with Crippen molar-refractivity contribution in [1.29, 1.82) is 0 Å². The van der Waals surface area contributed by atoms with E-state index < -0.39 is 20.8 Å². The molecule has 0 spiro atoms. The lowest BCUT2D eigenvalue weighted by atomic mass is 9.70. The number of rotatable bonds is 7. The van der Waals surface area contributed by atoms with Gasteiger partial charge >= 0.3 is 6.36 Å². The first kappa shape index (κ1) is 31.8. The third-order valence-corrected chi connectivity index (χ3v) is 13.5. The number of benzene rings is 1. The Bertz CT molecular complexity index is 1280. The van der Waals surface area contributed by atoms with Crippen molar-refractivity contribution < 1.29 is 27.4 Å². The minimum atomic E-state index is -4.78. The molecule has 2 aliphatic carbocycles. The number of nitrogens with zero attached hydrogens (tertiary/aromatic N) is 1. The fourth-order valence-corrected chi connectivity index (χ4v) is 7.25. The van der Waals surface area contributed by atoms with Gasteiger partial charge in [-0.15, -0.1) is 13.2 Å². The van der Waals surface area contributed by atoms with Gasteiger partial charge in [0.2, 0.25) is 0 Å². The summed E-state index contributed by atoms with van der Waals surface area (Å²) >= 11 is 0. The minimum Gasteiger partial charge on any atom is -0.410 e. The monoisotopic (exact) mass is 589 g/mol. The van der Waals surface area contributed by atoms with Gasteiger partial charge in [-0.1, -0.05) is 72.8 Å². The number of ether oxygens (including phenoxy) is 1. The van der Waals surface area contributed by atoms with E-state index in [0.29, 0.717) is 5.56 Å². The Balaban J connectivity index is 1.94. The topological polar surface area (TPSA) is 51.6 Å². The van der Waals surface area contributed by atoms with Crippen molar-refractivity contribution in [2.45, 2.75) is 123 Å². The molecule has 0 fully saturated rings. The second-order valence-electron chi connectivity index (χ2n) is 14.4. The molecule has 1 N–H and O–H groups in total. The Hall–Kier alpha value is -2.16. The van der Waals surface area contributed by atoms with Crippen LogP contribution in [0.25, 0.3) is 0 Å². The number of pyridine rings is 1. The van der Waals surface area contributed by atoms with Crippen LogP contribution in [0.2, 0.25) is 18.1 Å². The Morgan fingerprint density at radius 3 is 2.20 bits per heavy atom. The van der Waals surface area contributed by atoms with Crippen LogP contribution in [0.15, 0.2) is 36.4 Å². The minimum absolute atomic E-state index is 0.00148. The van der Waals surface area contributed by atoms with Crippen molar-refractivity contribution in [3.05, 3.63) is 70.1 Å². The molecule has 226 valence electrons. The number of hydrogen-bond acceptors (Lipinski definition) is 4. The summed E-state index contributed by atoms with van der Waals surface area (Å²) in [5.41, 5.74) is 5.36. The second-order valence-corrected chi connectivity index (χ2v) is 19.1. The molecule has 2 unspecified atom stereocenters. The molecule has 4 rings (SSSR count). The predicted octanol–water partition coefficient (Wildman–Crippen LogP) is 9.65. The first-order chi connectivity index (χ1) is 18.8. The van der Waals surface area contributed by atoms with Crippen LogP contribution in [0.3, 0.4) is 0 Å². The number of aliphatic hydroxyl groups excluding tert-OH is 1. The maximum Gasteiger partial charge on any atom is 0.573 e. The fourth-order valence-electron chi connectivity index (χ4n) is 5.98. The van der Waals surface area contributed by atoms with Gasteiger partial charge in [-0.25, -0.2) is 0 Å². The summed E-state index contributed by atoms with van der Waals surface area (Å²) < 4.78 is 49.6. The number of halogens is 3. The quantitative estimate of drug-likeness (QED) is 0.258. The Labute approximate surface area is 244 Å². The Morgan fingerprint density at radius 1 is 1.05 bits per heavy atom. The number of alkyl halides is 3. The molecule has 1 aromatic heterocycles. The van der Waals surface area contributed by atoms with E-state index in [9.17, 15) is 18.3 Å². The highest BCUT2D eigenvalue weighted by Gasteiger charge is 2.45. The largest absolute Gasteiger partial charge is 0.573 e. The van der Waals surface area contributed by atoms with Gasteiger partial charge in [0.15, 0.2) is 8.32 Å². The van der Waals surface area contributed by atoms with Crippen molar-refractivity contribution in [2.75, 3.05) is 0 Å². The zero-order chi connectivity index (χ0) is 30.5. The zero-order valence-electron chi connectivity index (χ0n) is 25.9. The van der Waals surface area contributed by atoms with Crippen LogP contribution in [-0.2, 0) is 10.8 Å². The van der Waals surface area contributed by atoms with Crippen molar-refractivity contribution in [3.63, 3.8) is 0 Å². The number of aliphatic hydroxyl groups is 1. The average Bonchev–Trinajstić information content (AvgIpc) is 3.35. The predicted molar refractivity (Wildman–Crippen MR) is 160 cm³/mol. The maximum absolute atomic E-state index is 12.8. The number of hydrogen-bond donors (Lipinski definition) is 1. The van der Waals surface area contributed by atoms with Crippen molar-refractivity contribution >= 4 is 8.32 Å². The summed E-state index contributed by atoms with van der Waals surface area (Å²) in [5.74, 6) is -0.176. The summed E-state index contributed by atoms with van der Waals surface area (Å²) in [4.78, 5) is 5.27. The van der Waals surface area contributed by atoms with Gasteiger partial charge in [0.25, 0.3) is 0 Å². The highest BCUT2D eigenvalue weighted by atomic mass is 28.4. The summed E-state index contributed by atoms with van der Waals surface area (Å²) in [5, 5.41) is 12.0. The van der Waals surface area contributed by atoms with Gasteiger partial charge in [0, 0.05) is 28.4 Å². The molecule has 1 aromatic carbocycles. The van der Waals surface area contributed by atoms with E-state index in [-0.39, 0.29) is 34.1 Å². The van der Waals surface area contributed by atoms with Crippen LogP contribution in [0.5, 0.6) is 5.75 Å². The Kier molecular flexibility index (Phi) is 8.64. The van der Waals surface area contributed by atoms with Crippen molar-refractivity contribution in [1.82, 2.24) is 4.98 Å². The molecule has 0 amide bonds. The molecule has 0 aliphatic heterocycles. The molecular formula is C33H46F3NO3Si. The van der Waals surface area contributed by atoms with Crippen molar-refractivity contribution in [2.24, 2.45) is 5.41 Å². The lowest BCUT2D eigenvalue weighted by Crippen LogP contribution is -2.44. The number of fused-ring (bicyclic) bond motifs is 1. The second kappa shape index (κ2) is 11.2. The van der Waals surface area contributed by atoms with E-state index in [2.05, 4.69) is 78.4 Å². The highest BCUT2D eigenvalue weighted by Crippen LogP contribution is 2.52. The lowest BCUT2D eigenvalue weighted by Gasteiger charge is -2.45. The fraction of sp³-hybridized carbons (Fsp3) is 0.606. The van der Waals surface area contributed by atoms with Gasteiger partial charge in [0.05, 0.1) is 6.10 Å². The standard InChI is InChI=1S/C33H46F3NO3Si/c1-20(2)29-28(30(38)22-14-16-23(17-15-22)39-33(34,35)36)26(21-12-10-11-13-21)27-24(37-29)18-32(6,7)19-25(27)40-41(8,9)31(3,4)5/h10,12,14-17,20-21,25,30,38H,11,13,18-19H2,1-9H3/t21?,25?,30-/m1/s1. The van der Waals surface area contributed by atoms with E-state index in [4.69, 9.17) is 9.41 Å². The molecule has 4 nitrogen and oxygen atoms in total. The zero-order valence-corrected chi connectivity index (χ0v) is 26.9. The molecule has 0 bridgehead atoms. The molecular weight excluding hydrogens is 543 g/mol. The summed E-state index contributed by atoms with van der Waals surface area (Å²) in [6, 6.07) is 5.54. The highest BCUT2D eigenvalue weighted by molar-refractivity contribution is 6.74. The van der Waals surface area contributed by atoms with Crippen LogP contribution in [-0.4, -0.2) is 24.8 Å². The first-order valence-corrected chi connectivity index (χ1v) is 17.7. The molecule has 0 saturated heterocycles. The van der Waals surface area contributed by atoms with Crippen molar-refractivity contribution in [3.8, 4) is 5.75 Å². The molecule has 3 atom stereocenters. The molecule has 8 heteroatoms. The number of aromatic nitrogens is 1. The van der Waals surface area contributed by atoms with Crippen LogP contribution < -0.4 is 4.74 Å².